The zero-order chi connectivity index (χ0) is 24.9. The highest BCUT2D eigenvalue weighted by atomic mass is 32.2. The van der Waals surface area contributed by atoms with Crippen molar-refractivity contribution in [1.29, 1.82) is 0 Å². The van der Waals surface area contributed by atoms with Gasteiger partial charge in [-0.05, 0) is 63.0 Å². The van der Waals surface area contributed by atoms with E-state index in [1.54, 1.807) is 4.31 Å². The monoisotopic (exact) mass is 490 g/mol. The zero-order valence-corrected chi connectivity index (χ0v) is 22.2. The van der Waals surface area contributed by atoms with Crippen LogP contribution in [0.3, 0.4) is 0 Å². The summed E-state index contributed by atoms with van der Waals surface area (Å²) in [6.45, 7) is 12.6. The molecule has 1 aromatic rings. The Labute approximate surface area is 205 Å². The number of rotatable bonds is 7. The largest absolute Gasteiger partial charge is 0.369 e. The Bertz CT molecular complexity index is 1020. The lowest BCUT2D eigenvalue weighted by atomic mass is 9.69. The van der Waals surface area contributed by atoms with Gasteiger partial charge < -0.3 is 16.0 Å². The number of anilines is 1. The molecule has 3 atom stereocenters. The maximum Gasteiger partial charge on any atom is 0.222 e. The van der Waals surface area contributed by atoms with Crippen LogP contribution in [0.4, 0.5) is 5.69 Å². The fraction of sp³-hybridized carbons (Fsp3) is 0.731. The number of nitrogens with zero attached hydrogens (tertiary/aromatic N) is 2. The minimum Gasteiger partial charge on any atom is -0.369 e. The van der Waals surface area contributed by atoms with E-state index >= 15 is 0 Å². The molecule has 3 unspecified atom stereocenters. The van der Waals surface area contributed by atoms with Crippen molar-refractivity contribution in [3.63, 3.8) is 0 Å². The molecule has 1 heterocycles. The molecule has 3 N–H and O–H groups in total. The number of piperazine rings is 1. The molecule has 1 saturated heterocycles. The standard InChI is InChI=1S/C26H42N4O3S/c1-19-8-6-7-9-21(19)29-12-14-30(15-13-29)34(32,33)18-26-11-10-20(25(26,4)5)16-22(26)28-23(31)17-24(2,3)27/h6-9,20,22H,10-18,27H2,1-5H3,(H,28,31). The Morgan fingerprint density at radius 1 is 1.18 bits per heavy atom. The highest BCUT2D eigenvalue weighted by Gasteiger charge is 2.65. The molecule has 4 rings (SSSR count). The summed E-state index contributed by atoms with van der Waals surface area (Å²) >= 11 is 0. The molecule has 190 valence electrons. The molecule has 7 nitrogen and oxygen atoms in total. The average molecular weight is 491 g/mol. The molecule has 1 aromatic carbocycles. The Morgan fingerprint density at radius 2 is 1.82 bits per heavy atom. The van der Waals surface area contributed by atoms with E-state index in [1.807, 2.05) is 26.0 Å². The minimum atomic E-state index is -3.47. The first kappa shape index (κ1) is 25.5. The van der Waals surface area contributed by atoms with Gasteiger partial charge in [-0.1, -0.05) is 32.0 Å². The number of nitrogens with two attached hydrogens (primary N) is 1. The number of amides is 1. The summed E-state index contributed by atoms with van der Waals surface area (Å²) in [6, 6.07) is 8.13. The molecule has 0 spiro atoms. The number of benzene rings is 1. The third kappa shape index (κ3) is 4.61. The second kappa shape index (κ2) is 8.79. The molecule has 1 aliphatic heterocycles. The van der Waals surface area contributed by atoms with E-state index in [2.05, 4.69) is 43.1 Å². The first-order chi connectivity index (χ1) is 15.8. The van der Waals surface area contributed by atoms with Crippen molar-refractivity contribution in [2.24, 2.45) is 22.5 Å². The van der Waals surface area contributed by atoms with Crippen LogP contribution >= 0.6 is 0 Å². The SMILES string of the molecule is Cc1ccccc1N1CCN(S(=O)(=O)CC23CCC(CC2NC(=O)CC(C)(C)N)C3(C)C)CC1. The number of aryl methyl sites for hydroxylation is 1. The van der Waals surface area contributed by atoms with Crippen LogP contribution in [0.15, 0.2) is 24.3 Å². The van der Waals surface area contributed by atoms with Crippen LogP contribution in [0.5, 0.6) is 0 Å². The predicted octanol–water partition coefficient (Wildman–Crippen LogP) is 2.89. The lowest BCUT2D eigenvalue weighted by Gasteiger charge is -2.44. The molecule has 3 fully saturated rings. The van der Waals surface area contributed by atoms with Gasteiger partial charge in [-0.15, -0.1) is 0 Å². The van der Waals surface area contributed by atoms with Crippen LogP contribution in [0.2, 0.25) is 0 Å². The van der Waals surface area contributed by atoms with Gasteiger partial charge in [0.05, 0.1) is 5.75 Å². The maximum absolute atomic E-state index is 13.8. The molecule has 2 aliphatic carbocycles. The van der Waals surface area contributed by atoms with Gasteiger partial charge in [-0.3, -0.25) is 4.79 Å². The average Bonchev–Trinajstić information content (AvgIpc) is 3.07. The fourth-order valence-electron chi connectivity index (χ4n) is 6.82. The zero-order valence-electron chi connectivity index (χ0n) is 21.4. The van der Waals surface area contributed by atoms with E-state index in [9.17, 15) is 13.2 Å². The van der Waals surface area contributed by atoms with Gasteiger partial charge in [-0.2, -0.15) is 4.31 Å². The lowest BCUT2D eigenvalue weighted by Crippen LogP contribution is -2.56. The van der Waals surface area contributed by atoms with Gasteiger partial charge in [0.15, 0.2) is 0 Å². The van der Waals surface area contributed by atoms with E-state index in [-0.39, 0.29) is 29.5 Å². The molecule has 1 amide bonds. The highest BCUT2D eigenvalue weighted by Crippen LogP contribution is 2.66. The van der Waals surface area contributed by atoms with Gasteiger partial charge in [0.25, 0.3) is 0 Å². The maximum atomic E-state index is 13.8. The molecule has 2 saturated carbocycles. The predicted molar refractivity (Wildman–Crippen MR) is 137 cm³/mol. The van der Waals surface area contributed by atoms with Crippen LogP contribution in [-0.2, 0) is 14.8 Å². The second-order valence-electron chi connectivity index (χ2n) is 12.1. The van der Waals surface area contributed by atoms with Crippen LogP contribution in [0, 0.1) is 23.7 Å². The first-order valence-electron chi connectivity index (χ1n) is 12.6. The summed E-state index contributed by atoms with van der Waals surface area (Å²) < 4.78 is 29.2. The van der Waals surface area contributed by atoms with Crippen molar-refractivity contribution >= 4 is 21.6 Å². The van der Waals surface area contributed by atoms with Crippen molar-refractivity contribution in [2.75, 3.05) is 36.8 Å². The Kier molecular flexibility index (Phi) is 6.58. The van der Waals surface area contributed by atoms with E-state index in [0.29, 0.717) is 32.1 Å². The number of hydrogen-bond acceptors (Lipinski definition) is 5. The smallest absolute Gasteiger partial charge is 0.222 e. The molecule has 8 heteroatoms. The number of nitrogens with one attached hydrogen (secondary N) is 1. The van der Waals surface area contributed by atoms with Gasteiger partial charge in [-0.25, -0.2) is 8.42 Å². The quantitative estimate of drug-likeness (QED) is 0.613. The van der Waals surface area contributed by atoms with Crippen LogP contribution < -0.4 is 16.0 Å². The van der Waals surface area contributed by atoms with Gasteiger partial charge in [0.1, 0.15) is 0 Å². The normalized spacial score (nSPS) is 29.4. The molecule has 0 radical (unpaired) electrons. The minimum absolute atomic E-state index is 0.0792. The summed E-state index contributed by atoms with van der Waals surface area (Å²) in [5.74, 6) is 0.450. The number of hydrogen-bond donors (Lipinski definition) is 2. The second-order valence-corrected chi connectivity index (χ2v) is 14.0. The Morgan fingerprint density at radius 3 is 2.41 bits per heavy atom. The van der Waals surface area contributed by atoms with Gasteiger partial charge >= 0.3 is 0 Å². The van der Waals surface area contributed by atoms with E-state index in [0.717, 1.165) is 19.3 Å². The third-order valence-corrected chi connectivity index (χ3v) is 10.9. The molecule has 0 aromatic heterocycles. The van der Waals surface area contributed by atoms with E-state index in [1.165, 1.54) is 11.3 Å². The Hall–Kier alpha value is -1.64. The van der Waals surface area contributed by atoms with Gasteiger partial charge in [0, 0.05) is 55.3 Å². The number of fused-ring (bicyclic) bond motifs is 2. The summed E-state index contributed by atoms with van der Waals surface area (Å²) in [5.41, 5.74) is 7.28. The number of para-hydroxylation sites is 1. The van der Waals surface area contributed by atoms with Gasteiger partial charge in [0.2, 0.25) is 15.9 Å². The first-order valence-corrected chi connectivity index (χ1v) is 14.2. The van der Waals surface area contributed by atoms with Crippen molar-refractivity contribution < 1.29 is 13.2 Å². The molecule has 34 heavy (non-hydrogen) atoms. The van der Waals surface area contributed by atoms with Crippen molar-refractivity contribution in [2.45, 2.75) is 71.9 Å². The third-order valence-electron chi connectivity index (χ3n) is 8.91. The van der Waals surface area contributed by atoms with Crippen molar-refractivity contribution in [3.8, 4) is 0 Å². The highest BCUT2D eigenvalue weighted by molar-refractivity contribution is 7.89. The van der Waals surface area contributed by atoms with Crippen molar-refractivity contribution in [1.82, 2.24) is 9.62 Å². The Balaban J connectivity index is 1.49. The molecular formula is C26H42N4O3S. The molecule has 3 aliphatic rings. The summed E-state index contributed by atoms with van der Waals surface area (Å²) in [5, 5.41) is 3.21. The topological polar surface area (TPSA) is 95.7 Å². The van der Waals surface area contributed by atoms with Crippen molar-refractivity contribution in [3.05, 3.63) is 29.8 Å². The number of carbonyl (C=O) groups is 1. The lowest BCUT2D eigenvalue weighted by molar-refractivity contribution is -0.123. The number of sulfonamides is 1. The summed E-state index contributed by atoms with van der Waals surface area (Å²) in [6.07, 6.45) is 2.95. The number of carbonyl (C=O) groups excluding carboxylic acids is 1. The van der Waals surface area contributed by atoms with Crippen LogP contribution in [-0.4, -0.2) is 62.1 Å². The molecule has 2 bridgehead atoms. The van der Waals surface area contributed by atoms with E-state index in [4.69, 9.17) is 5.73 Å². The van der Waals surface area contributed by atoms with Crippen LogP contribution in [0.25, 0.3) is 0 Å². The molecular weight excluding hydrogens is 448 g/mol. The fourth-order valence-corrected chi connectivity index (χ4v) is 9.10. The summed E-state index contributed by atoms with van der Waals surface area (Å²) in [4.78, 5) is 15.0. The van der Waals surface area contributed by atoms with E-state index < -0.39 is 21.0 Å². The summed E-state index contributed by atoms with van der Waals surface area (Å²) in [7, 11) is -3.47. The van der Waals surface area contributed by atoms with Crippen LogP contribution in [0.1, 0.15) is 58.9 Å².